The van der Waals surface area contributed by atoms with Crippen LogP contribution < -0.4 is 5.32 Å². The molecule has 0 bridgehead atoms. The van der Waals surface area contributed by atoms with Crippen LogP contribution in [0.25, 0.3) is 0 Å². The fourth-order valence-electron chi connectivity index (χ4n) is 0.841. The van der Waals surface area contributed by atoms with E-state index in [0.29, 0.717) is 0 Å². The molecule has 0 saturated carbocycles. The van der Waals surface area contributed by atoms with Gasteiger partial charge in [-0.25, -0.2) is 0 Å². The molecule has 0 spiro atoms. The molecule has 0 aliphatic heterocycles. The third-order valence-electron chi connectivity index (χ3n) is 1.90. The van der Waals surface area contributed by atoms with E-state index in [2.05, 4.69) is 5.32 Å². The number of nitrogens with one attached hydrogen (secondary N) is 1. The van der Waals surface area contributed by atoms with E-state index in [1.165, 1.54) is 0 Å². The number of rotatable bonds is 5. The molecule has 0 saturated heterocycles. The Morgan fingerprint density at radius 1 is 1.36 bits per heavy atom. The molecule has 2 N–H and O–H groups in total. The molecule has 3 atom stereocenters. The van der Waals surface area contributed by atoms with Crippen LogP contribution in [0.3, 0.4) is 0 Å². The Balaban J connectivity index is 3.58. The standard InChI is InChI=1S/C8H19NO2/c1-6(5-10)9-7(2)8(3)11-4/h6-10H,5H2,1-4H3/t6-,7?,8?/m1/s1. The lowest BCUT2D eigenvalue weighted by Gasteiger charge is -2.23. The first-order chi connectivity index (χ1) is 5.11. The number of methoxy groups -OCH3 is 1. The van der Waals surface area contributed by atoms with Crippen molar-refractivity contribution in [3.05, 3.63) is 0 Å². The molecule has 0 aromatic carbocycles. The Morgan fingerprint density at radius 3 is 2.27 bits per heavy atom. The maximum atomic E-state index is 8.73. The molecule has 0 amide bonds. The van der Waals surface area contributed by atoms with Crippen molar-refractivity contribution in [2.75, 3.05) is 13.7 Å². The highest BCUT2D eigenvalue weighted by Gasteiger charge is 2.12. The van der Waals surface area contributed by atoms with Crippen LogP contribution in [-0.2, 0) is 4.74 Å². The predicted octanol–water partition coefficient (Wildman–Crippen LogP) is 0.380. The van der Waals surface area contributed by atoms with E-state index >= 15 is 0 Å². The van der Waals surface area contributed by atoms with Crippen LogP contribution in [0.2, 0.25) is 0 Å². The Morgan fingerprint density at radius 2 is 1.91 bits per heavy atom. The number of hydrogen-bond acceptors (Lipinski definition) is 3. The largest absolute Gasteiger partial charge is 0.395 e. The molecule has 0 aliphatic rings. The first-order valence-electron chi connectivity index (χ1n) is 4.01. The number of aliphatic hydroxyl groups is 1. The molecule has 0 aromatic rings. The highest BCUT2D eigenvalue weighted by Crippen LogP contribution is 1.97. The summed E-state index contributed by atoms with van der Waals surface area (Å²) in [5.41, 5.74) is 0. The molecule has 0 radical (unpaired) electrons. The normalized spacial score (nSPS) is 19.4. The Bertz CT molecular complexity index is 98.1. The molecular formula is C8H19NO2. The van der Waals surface area contributed by atoms with Gasteiger partial charge in [-0.3, -0.25) is 0 Å². The molecule has 2 unspecified atom stereocenters. The molecule has 3 nitrogen and oxygen atoms in total. The minimum Gasteiger partial charge on any atom is -0.395 e. The van der Waals surface area contributed by atoms with E-state index in [1.54, 1.807) is 7.11 Å². The highest BCUT2D eigenvalue weighted by molar-refractivity contribution is 4.71. The van der Waals surface area contributed by atoms with Gasteiger partial charge in [0.1, 0.15) is 0 Å². The second kappa shape index (κ2) is 5.52. The maximum absolute atomic E-state index is 8.73. The zero-order chi connectivity index (χ0) is 8.85. The lowest BCUT2D eigenvalue weighted by atomic mass is 10.2. The molecule has 0 fully saturated rings. The lowest BCUT2D eigenvalue weighted by molar-refractivity contribution is 0.0811. The number of hydrogen-bond donors (Lipinski definition) is 2. The van der Waals surface area contributed by atoms with Crippen LogP contribution in [0.4, 0.5) is 0 Å². The summed E-state index contributed by atoms with van der Waals surface area (Å²) in [6.07, 6.45) is 0.184. The monoisotopic (exact) mass is 161 g/mol. The van der Waals surface area contributed by atoms with Crippen molar-refractivity contribution in [3.63, 3.8) is 0 Å². The SMILES string of the molecule is COC(C)C(C)N[C@H](C)CO. The van der Waals surface area contributed by atoms with Crippen molar-refractivity contribution in [2.45, 2.75) is 39.0 Å². The van der Waals surface area contributed by atoms with Crippen molar-refractivity contribution in [1.82, 2.24) is 5.32 Å². The second-order valence-corrected chi connectivity index (χ2v) is 2.98. The first kappa shape index (κ1) is 10.9. The molecule has 0 aliphatic carbocycles. The average molecular weight is 161 g/mol. The molecule has 68 valence electrons. The molecular weight excluding hydrogens is 142 g/mol. The van der Waals surface area contributed by atoms with E-state index in [0.717, 1.165) is 0 Å². The summed E-state index contributed by atoms with van der Waals surface area (Å²) in [6.45, 7) is 6.15. The summed E-state index contributed by atoms with van der Waals surface area (Å²) < 4.78 is 5.11. The van der Waals surface area contributed by atoms with Crippen LogP contribution in [-0.4, -0.2) is 37.0 Å². The fraction of sp³-hybridized carbons (Fsp3) is 1.00. The van der Waals surface area contributed by atoms with E-state index in [-0.39, 0.29) is 24.8 Å². The van der Waals surface area contributed by atoms with Crippen molar-refractivity contribution < 1.29 is 9.84 Å². The van der Waals surface area contributed by atoms with Crippen LogP contribution >= 0.6 is 0 Å². The van der Waals surface area contributed by atoms with Gasteiger partial charge in [-0.1, -0.05) is 0 Å². The molecule has 0 rings (SSSR count). The van der Waals surface area contributed by atoms with Crippen LogP contribution in [0.5, 0.6) is 0 Å². The second-order valence-electron chi connectivity index (χ2n) is 2.98. The summed E-state index contributed by atoms with van der Waals surface area (Å²) in [7, 11) is 1.69. The van der Waals surface area contributed by atoms with E-state index in [9.17, 15) is 0 Å². The Labute approximate surface area is 68.8 Å². The van der Waals surface area contributed by atoms with Gasteiger partial charge < -0.3 is 15.2 Å². The smallest absolute Gasteiger partial charge is 0.0693 e. The fourth-order valence-corrected chi connectivity index (χ4v) is 0.841. The zero-order valence-corrected chi connectivity index (χ0v) is 7.79. The van der Waals surface area contributed by atoms with Gasteiger partial charge >= 0.3 is 0 Å². The third kappa shape index (κ3) is 4.35. The number of aliphatic hydroxyl groups excluding tert-OH is 1. The lowest BCUT2D eigenvalue weighted by Crippen LogP contribution is -2.43. The Hall–Kier alpha value is -0.120. The molecule has 0 aromatic heterocycles. The minimum absolute atomic E-state index is 0.141. The van der Waals surface area contributed by atoms with Gasteiger partial charge in [0.2, 0.25) is 0 Å². The minimum atomic E-state index is 0.141. The average Bonchev–Trinajstić information content (AvgIpc) is 2.02. The summed E-state index contributed by atoms with van der Waals surface area (Å²) in [4.78, 5) is 0. The number of ether oxygens (including phenoxy) is 1. The van der Waals surface area contributed by atoms with Crippen LogP contribution in [0.1, 0.15) is 20.8 Å². The van der Waals surface area contributed by atoms with Crippen molar-refractivity contribution in [3.8, 4) is 0 Å². The van der Waals surface area contributed by atoms with Gasteiger partial charge in [-0.2, -0.15) is 0 Å². The van der Waals surface area contributed by atoms with Crippen LogP contribution in [0, 0.1) is 0 Å². The summed E-state index contributed by atoms with van der Waals surface area (Å²) in [5, 5.41) is 11.9. The topological polar surface area (TPSA) is 41.5 Å². The quantitative estimate of drug-likeness (QED) is 0.612. The van der Waals surface area contributed by atoms with E-state index in [4.69, 9.17) is 9.84 Å². The van der Waals surface area contributed by atoms with Crippen molar-refractivity contribution in [2.24, 2.45) is 0 Å². The highest BCUT2D eigenvalue weighted by atomic mass is 16.5. The van der Waals surface area contributed by atoms with Crippen molar-refractivity contribution >= 4 is 0 Å². The summed E-state index contributed by atoms with van der Waals surface area (Å²) >= 11 is 0. The van der Waals surface area contributed by atoms with E-state index < -0.39 is 0 Å². The summed E-state index contributed by atoms with van der Waals surface area (Å²) in [6, 6.07) is 0.421. The van der Waals surface area contributed by atoms with Crippen LogP contribution in [0.15, 0.2) is 0 Å². The zero-order valence-electron chi connectivity index (χ0n) is 7.79. The van der Waals surface area contributed by atoms with Gasteiger partial charge in [-0.05, 0) is 20.8 Å². The van der Waals surface area contributed by atoms with Gasteiger partial charge in [0.25, 0.3) is 0 Å². The summed E-state index contributed by atoms with van der Waals surface area (Å²) in [5.74, 6) is 0. The van der Waals surface area contributed by atoms with Gasteiger partial charge in [0, 0.05) is 19.2 Å². The van der Waals surface area contributed by atoms with Gasteiger partial charge in [0.05, 0.1) is 12.7 Å². The first-order valence-corrected chi connectivity index (χ1v) is 4.01. The van der Waals surface area contributed by atoms with Gasteiger partial charge in [0.15, 0.2) is 0 Å². The van der Waals surface area contributed by atoms with E-state index in [1.807, 2.05) is 20.8 Å². The van der Waals surface area contributed by atoms with Gasteiger partial charge in [-0.15, -0.1) is 0 Å². The predicted molar refractivity (Wildman–Crippen MR) is 45.6 cm³/mol. The molecule has 11 heavy (non-hydrogen) atoms. The third-order valence-corrected chi connectivity index (χ3v) is 1.90. The van der Waals surface area contributed by atoms with Crippen molar-refractivity contribution in [1.29, 1.82) is 0 Å². The Kier molecular flexibility index (Phi) is 5.46. The molecule has 0 heterocycles. The maximum Gasteiger partial charge on any atom is 0.0693 e. The molecule has 3 heteroatoms.